The Morgan fingerprint density at radius 1 is 1.32 bits per heavy atom. The number of amides is 1. The van der Waals surface area contributed by atoms with Gasteiger partial charge in [-0.25, -0.2) is 0 Å². The Balaban J connectivity index is 1.88. The van der Waals surface area contributed by atoms with Crippen molar-refractivity contribution in [1.82, 2.24) is 5.32 Å². The predicted octanol–water partition coefficient (Wildman–Crippen LogP) is 3.73. The van der Waals surface area contributed by atoms with E-state index in [4.69, 9.17) is 21.4 Å². The van der Waals surface area contributed by atoms with Crippen LogP contribution < -0.4 is 15.4 Å². The van der Waals surface area contributed by atoms with Crippen LogP contribution in [0.25, 0.3) is 0 Å². The van der Waals surface area contributed by atoms with Gasteiger partial charge in [-0.2, -0.15) is 0 Å². The maximum Gasteiger partial charge on any atom is 0.293 e. The van der Waals surface area contributed by atoms with Gasteiger partial charge in [-0.3, -0.25) is 10.1 Å². The molecule has 2 aromatic rings. The van der Waals surface area contributed by atoms with Crippen molar-refractivity contribution < 1.29 is 13.9 Å². The first kappa shape index (κ1) is 16.3. The zero-order valence-electron chi connectivity index (χ0n) is 11.5. The highest BCUT2D eigenvalue weighted by molar-refractivity contribution is 9.10. The van der Waals surface area contributed by atoms with E-state index in [1.165, 1.54) is 0 Å². The van der Waals surface area contributed by atoms with Crippen molar-refractivity contribution in [3.8, 4) is 5.75 Å². The third-order valence-electron chi connectivity index (χ3n) is 2.50. The average Bonchev–Trinajstić information content (AvgIpc) is 2.93. The lowest BCUT2D eigenvalue weighted by molar-refractivity contribution is 0.0949. The van der Waals surface area contributed by atoms with E-state index in [1.54, 1.807) is 42.5 Å². The molecule has 0 aliphatic rings. The lowest BCUT2D eigenvalue weighted by Gasteiger charge is -2.09. The van der Waals surface area contributed by atoms with Crippen molar-refractivity contribution in [3.63, 3.8) is 0 Å². The van der Waals surface area contributed by atoms with Gasteiger partial charge in [-0.15, -0.1) is 0 Å². The zero-order chi connectivity index (χ0) is 15.9. The van der Waals surface area contributed by atoms with Crippen LogP contribution in [0.4, 0.5) is 5.69 Å². The maximum absolute atomic E-state index is 11.8. The molecule has 7 heteroatoms. The van der Waals surface area contributed by atoms with Crippen molar-refractivity contribution in [2.75, 3.05) is 11.9 Å². The molecule has 0 saturated heterocycles. The zero-order valence-corrected chi connectivity index (χ0v) is 13.9. The number of nitrogens with one attached hydrogen (secondary N) is 2. The number of hydrogen-bond donors (Lipinski definition) is 2. The molecule has 0 unspecified atom stereocenters. The monoisotopic (exact) mass is 380 g/mol. The molecule has 0 bridgehead atoms. The van der Waals surface area contributed by atoms with E-state index in [9.17, 15) is 4.79 Å². The highest BCUT2D eigenvalue weighted by atomic mass is 79.9. The third kappa shape index (κ3) is 4.71. The molecule has 0 fully saturated rings. The number of hydrogen-bond acceptors (Lipinski definition) is 4. The van der Waals surface area contributed by atoms with Gasteiger partial charge in [0.1, 0.15) is 12.4 Å². The Morgan fingerprint density at radius 3 is 2.64 bits per heavy atom. The first-order chi connectivity index (χ1) is 10.6. The van der Waals surface area contributed by atoms with Gasteiger partial charge in [0.25, 0.3) is 5.91 Å². The molecule has 114 valence electrons. The Labute approximate surface area is 141 Å². The second-order valence-electron chi connectivity index (χ2n) is 4.14. The van der Waals surface area contributed by atoms with Gasteiger partial charge in [-0.05, 0) is 64.5 Å². The minimum atomic E-state index is -0.422. The van der Waals surface area contributed by atoms with Gasteiger partial charge in [0.2, 0.25) is 0 Å². The molecule has 0 aliphatic heterocycles. The number of furan rings is 1. The van der Waals surface area contributed by atoms with Crippen LogP contribution in [0.2, 0.25) is 0 Å². The Morgan fingerprint density at radius 2 is 2.05 bits per heavy atom. The molecule has 0 spiro atoms. The smallest absolute Gasteiger partial charge is 0.293 e. The van der Waals surface area contributed by atoms with Crippen LogP contribution >= 0.6 is 28.1 Å². The molecular formula is C15H13BrN2O3S. The van der Waals surface area contributed by atoms with E-state index in [1.807, 2.05) is 0 Å². The molecule has 2 N–H and O–H groups in total. The van der Waals surface area contributed by atoms with E-state index in [-0.39, 0.29) is 10.9 Å². The quantitative estimate of drug-likeness (QED) is 0.611. The standard InChI is InChI=1S/C15H13BrN2O3S/c1-2-9-20-11-5-3-10(4-6-11)17-15(22)18-14(19)12-7-8-13(16)21-12/h2-8H,1,9H2,(H2,17,18,19,22). The molecule has 1 aromatic heterocycles. The van der Waals surface area contributed by atoms with Gasteiger partial charge in [0.05, 0.1) is 0 Å². The third-order valence-corrected chi connectivity index (χ3v) is 3.13. The number of rotatable bonds is 5. The highest BCUT2D eigenvalue weighted by Gasteiger charge is 2.12. The fourth-order valence-electron chi connectivity index (χ4n) is 1.55. The van der Waals surface area contributed by atoms with Crippen molar-refractivity contribution in [1.29, 1.82) is 0 Å². The van der Waals surface area contributed by atoms with Gasteiger partial charge < -0.3 is 14.5 Å². The molecule has 1 heterocycles. The van der Waals surface area contributed by atoms with Crippen molar-refractivity contribution in [2.24, 2.45) is 0 Å². The van der Waals surface area contributed by atoms with Crippen molar-refractivity contribution in [2.45, 2.75) is 0 Å². The summed E-state index contributed by atoms with van der Waals surface area (Å²) in [6.45, 7) is 4.03. The summed E-state index contributed by atoms with van der Waals surface area (Å²) in [5.74, 6) is 0.471. The molecule has 0 radical (unpaired) electrons. The van der Waals surface area contributed by atoms with E-state index in [0.29, 0.717) is 11.3 Å². The molecule has 0 saturated carbocycles. The predicted molar refractivity (Wildman–Crippen MR) is 92.2 cm³/mol. The van der Waals surface area contributed by atoms with E-state index < -0.39 is 5.91 Å². The topological polar surface area (TPSA) is 63.5 Å². The maximum atomic E-state index is 11.8. The minimum Gasteiger partial charge on any atom is -0.490 e. The Kier molecular flexibility index (Phi) is 5.74. The summed E-state index contributed by atoms with van der Waals surface area (Å²) in [7, 11) is 0. The normalized spacial score (nSPS) is 9.86. The summed E-state index contributed by atoms with van der Waals surface area (Å²) < 4.78 is 11.0. The lowest BCUT2D eigenvalue weighted by Crippen LogP contribution is -2.33. The number of carbonyl (C=O) groups excluding carboxylic acids is 1. The first-order valence-electron chi connectivity index (χ1n) is 6.30. The van der Waals surface area contributed by atoms with E-state index >= 15 is 0 Å². The highest BCUT2D eigenvalue weighted by Crippen LogP contribution is 2.16. The SMILES string of the molecule is C=CCOc1ccc(NC(=S)NC(=O)c2ccc(Br)o2)cc1. The Hall–Kier alpha value is -2.12. The Bertz CT molecular complexity index is 682. The minimum absolute atomic E-state index is 0.171. The first-order valence-corrected chi connectivity index (χ1v) is 7.50. The number of carbonyl (C=O) groups is 1. The molecular weight excluding hydrogens is 368 g/mol. The number of anilines is 1. The average molecular weight is 381 g/mol. The number of benzene rings is 1. The number of thiocarbonyl (C=S) groups is 1. The summed E-state index contributed by atoms with van der Waals surface area (Å²) in [4.78, 5) is 11.8. The molecule has 1 amide bonds. The van der Waals surface area contributed by atoms with E-state index in [2.05, 4.69) is 33.1 Å². The van der Waals surface area contributed by atoms with Gasteiger partial charge >= 0.3 is 0 Å². The number of ether oxygens (including phenoxy) is 1. The summed E-state index contributed by atoms with van der Waals surface area (Å²) >= 11 is 8.21. The van der Waals surface area contributed by atoms with Crippen LogP contribution in [-0.2, 0) is 0 Å². The summed E-state index contributed by atoms with van der Waals surface area (Å²) in [6, 6.07) is 10.3. The van der Waals surface area contributed by atoms with Gasteiger partial charge in [-0.1, -0.05) is 12.7 Å². The summed E-state index contributed by atoms with van der Waals surface area (Å²) in [6.07, 6.45) is 1.67. The molecule has 0 aliphatic carbocycles. The van der Waals surface area contributed by atoms with Gasteiger partial charge in [0.15, 0.2) is 15.5 Å². The van der Waals surface area contributed by atoms with Crippen molar-refractivity contribution in [3.05, 3.63) is 59.5 Å². The van der Waals surface area contributed by atoms with Crippen LogP contribution in [0.5, 0.6) is 5.75 Å². The van der Waals surface area contributed by atoms with Crippen LogP contribution in [0.15, 0.2) is 58.1 Å². The van der Waals surface area contributed by atoms with E-state index in [0.717, 1.165) is 11.4 Å². The molecule has 1 aromatic carbocycles. The molecule has 0 atom stereocenters. The lowest BCUT2D eigenvalue weighted by atomic mass is 10.3. The van der Waals surface area contributed by atoms with Crippen LogP contribution in [-0.4, -0.2) is 17.6 Å². The fraction of sp³-hybridized carbons (Fsp3) is 0.0667. The summed E-state index contributed by atoms with van der Waals surface area (Å²) in [5, 5.41) is 5.61. The molecule has 22 heavy (non-hydrogen) atoms. The van der Waals surface area contributed by atoms with Crippen LogP contribution in [0.1, 0.15) is 10.6 Å². The molecule has 5 nitrogen and oxygen atoms in total. The number of halogens is 1. The largest absolute Gasteiger partial charge is 0.490 e. The fourth-order valence-corrected chi connectivity index (χ4v) is 2.07. The second kappa shape index (κ2) is 7.77. The van der Waals surface area contributed by atoms with Crippen LogP contribution in [0, 0.1) is 0 Å². The second-order valence-corrected chi connectivity index (χ2v) is 5.33. The molecule has 2 rings (SSSR count). The van der Waals surface area contributed by atoms with Crippen LogP contribution in [0.3, 0.4) is 0 Å². The van der Waals surface area contributed by atoms with Gasteiger partial charge in [0, 0.05) is 5.69 Å². The summed E-state index contributed by atoms with van der Waals surface area (Å²) in [5.41, 5.74) is 0.733. The van der Waals surface area contributed by atoms with Crippen molar-refractivity contribution >= 4 is 44.9 Å².